The van der Waals surface area contributed by atoms with E-state index in [2.05, 4.69) is 10.5 Å². The van der Waals surface area contributed by atoms with Crippen molar-refractivity contribution in [3.8, 4) is 0 Å². The Morgan fingerprint density at radius 3 is 2.35 bits per heavy atom. The normalized spacial score (nSPS) is 10.7. The number of benzene rings is 2. The molecule has 2 aromatic carbocycles. The van der Waals surface area contributed by atoms with Crippen molar-refractivity contribution in [1.82, 2.24) is 0 Å². The molecule has 0 fully saturated rings. The zero-order chi connectivity index (χ0) is 17.0. The zero-order valence-electron chi connectivity index (χ0n) is 11.3. The van der Waals surface area contributed by atoms with Crippen LogP contribution in [0.2, 0.25) is 0 Å². The van der Waals surface area contributed by atoms with Gasteiger partial charge < -0.3 is 0 Å². The van der Waals surface area contributed by atoms with Crippen LogP contribution in [0, 0.1) is 31.9 Å². The Morgan fingerprint density at radius 1 is 1.00 bits per heavy atom. The molecule has 0 unspecified atom stereocenters. The summed E-state index contributed by atoms with van der Waals surface area (Å²) in [6.07, 6.45) is 1.12. The third-order valence-electron chi connectivity index (χ3n) is 2.73. The molecule has 0 bridgehead atoms. The lowest BCUT2D eigenvalue weighted by Gasteiger charge is -2.02. The molecule has 118 valence electrons. The fourth-order valence-electron chi connectivity index (χ4n) is 1.65. The molecule has 0 saturated heterocycles. The monoisotopic (exact) mass is 322 g/mol. The highest BCUT2D eigenvalue weighted by Gasteiger charge is 2.19. The van der Waals surface area contributed by atoms with Gasteiger partial charge in [-0.2, -0.15) is 5.10 Å². The smallest absolute Gasteiger partial charge is 0.272 e. The number of anilines is 1. The SMILES string of the molecule is O=[N+]([O-])c1ccc(N/N=C/c2ccc(F)c(F)c2)c([N+](=O)[O-])c1. The van der Waals surface area contributed by atoms with Crippen LogP contribution in [0.1, 0.15) is 5.56 Å². The Hall–Kier alpha value is -3.43. The van der Waals surface area contributed by atoms with E-state index in [-0.39, 0.29) is 11.3 Å². The molecular weight excluding hydrogens is 314 g/mol. The van der Waals surface area contributed by atoms with E-state index in [1.54, 1.807) is 0 Å². The number of hydrogen-bond acceptors (Lipinski definition) is 6. The highest BCUT2D eigenvalue weighted by Crippen LogP contribution is 2.28. The van der Waals surface area contributed by atoms with Crippen molar-refractivity contribution in [3.05, 3.63) is 73.8 Å². The number of non-ortho nitro benzene ring substituents is 1. The van der Waals surface area contributed by atoms with Crippen LogP contribution in [0.5, 0.6) is 0 Å². The van der Waals surface area contributed by atoms with Crippen molar-refractivity contribution >= 4 is 23.3 Å². The van der Waals surface area contributed by atoms with E-state index >= 15 is 0 Å². The second-order valence-corrected chi connectivity index (χ2v) is 4.26. The third kappa shape index (κ3) is 3.81. The summed E-state index contributed by atoms with van der Waals surface area (Å²) in [5.74, 6) is -2.07. The van der Waals surface area contributed by atoms with Crippen LogP contribution in [0.15, 0.2) is 41.5 Å². The first-order chi connectivity index (χ1) is 10.9. The molecule has 8 nitrogen and oxygen atoms in total. The van der Waals surface area contributed by atoms with Gasteiger partial charge in [-0.05, 0) is 23.8 Å². The van der Waals surface area contributed by atoms with Gasteiger partial charge in [-0.3, -0.25) is 25.7 Å². The highest BCUT2D eigenvalue weighted by atomic mass is 19.2. The zero-order valence-corrected chi connectivity index (χ0v) is 11.3. The van der Waals surface area contributed by atoms with E-state index in [0.717, 1.165) is 36.5 Å². The number of halogens is 2. The predicted molar refractivity (Wildman–Crippen MR) is 77.3 cm³/mol. The van der Waals surface area contributed by atoms with Crippen LogP contribution in [0.4, 0.5) is 25.8 Å². The number of hydrogen-bond donors (Lipinski definition) is 1. The molecule has 23 heavy (non-hydrogen) atoms. The number of rotatable bonds is 5. The lowest BCUT2D eigenvalue weighted by Crippen LogP contribution is -1.99. The Kier molecular flexibility index (Phi) is 4.55. The second-order valence-electron chi connectivity index (χ2n) is 4.26. The van der Waals surface area contributed by atoms with E-state index in [1.165, 1.54) is 6.07 Å². The van der Waals surface area contributed by atoms with Crippen LogP contribution in [-0.4, -0.2) is 16.1 Å². The van der Waals surface area contributed by atoms with E-state index in [0.29, 0.717) is 0 Å². The number of nitro benzene ring substituents is 2. The first-order valence-corrected chi connectivity index (χ1v) is 6.05. The summed E-state index contributed by atoms with van der Waals surface area (Å²) in [6, 6.07) is 6.04. The average Bonchev–Trinajstić information content (AvgIpc) is 2.50. The molecule has 0 aliphatic heterocycles. The fourth-order valence-corrected chi connectivity index (χ4v) is 1.65. The minimum atomic E-state index is -1.06. The maximum Gasteiger partial charge on any atom is 0.301 e. The van der Waals surface area contributed by atoms with E-state index in [9.17, 15) is 29.0 Å². The molecule has 1 N–H and O–H groups in total. The number of nitrogens with one attached hydrogen (secondary N) is 1. The summed E-state index contributed by atoms with van der Waals surface area (Å²) in [7, 11) is 0. The van der Waals surface area contributed by atoms with Crippen molar-refractivity contribution in [1.29, 1.82) is 0 Å². The summed E-state index contributed by atoms with van der Waals surface area (Å²) in [6.45, 7) is 0. The van der Waals surface area contributed by atoms with Gasteiger partial charge in [-0.25, -0.2) is 8.78 Å². The van der Waals surface area contributed by atoms with Crippen molar-refractivity contribution in [2.24, 2.45) is 5.10 Å². The number of hydrazone groups is 1. The van der Waals surface area contributed by atoms with Crippen LogP contribution in [-0.2, 0) is 0 Å². The summed E-state index contributed by atoms with van der Waals surface area (Å²) < 4.78 is 25.8. The standard InChI is InChI=1S/C13H8F2N4O4/c14-10-3-1-8(5-11(10)15)7-16-17-12-4-2-9(18(20)21)6-13(12)19(22)23/h1-7,17H/b16-7+. The molecule has 0 spiro atoms. The summed E-state index contributed by atoms with van der Waals surface area (Å²) in [5, 5.41) is 25.2. The van der Waals surface area contributed by atoms with Crippen LogP contribution >= 0.6 is 0 Å². The molecule has 0 heterocycles. The molecule has 0 atom stereocenters. The van der Waals surface area contributed by atoms with Gasteiger partial charge in [0.25, 0.3) is 5.69 Å². The van der Waals surface area contributed by atoms with Crippen molar-refractivity contribution in [2.75, 3.05) is 5.43 Å². The van der Waals surface area contributed by atoms with Crippen molar-refractivity contribution < 1.29 is 18.6 Å². The molecule has 0 amide bonds. The van der Waals surface area contributed by atoms with Gasteiger partial charge in [0.05, 0.1) is 22.1 Å². The summed E-state index contributed by atoms with van der Waals surface area (Å²) in [4.78, 5) is 20.0. The maximum absolute atomic E-state index is 13.0. The molecule has 0 aliphatic carbocycles. The molecule has 2 aromatic rings. The molecule has 10 heteroatoms. The lowest BCUT2D eigenvalue weighted by atomic mass is 10.2. The van der Waals surface area contributed by atoms with Crippen LogP contribution < -0.4 is 5.43 Å². The molecule has 0 aliphatic rings. The Bertz CT molecular complexity index is 811. The number of nitro groups is 2. The van der Waals surface area contributed by atoms with Gasteiger partial charge in [0, 0.05) is 6.07 Å². The van der Waals surface area contributed by atoms with Gasteiger partial charge in [0.15, 0.2) is 11.6 Å². The Morgan fingerprint density at radius 2 is 1.74 bits per heavy atom. The second kappa shape index (κ2) is 6.56. The molecular formula is C13H8F2N4O4. The van der Waals surface area contributed by atoms with E-state index in [1.807, 2.05) is 0 Å². The van der Waals surface area contributed by atoms with E-state index < -0.39 is 32.9 Å². The van der Waals surface area contributed by atoms with E-state index in [4.69, 9.17) is 0 Å². The van der Waals surface area contributed by atoms with Gasteiger partial charge in [-0.1, -0.05) is 6.07 Å². The highest BCUT2D eigenvalue weighted by molar-refractivity contribution is 5.80. The fraction of sp³-hybridized carbons (Fsp3) is 0. The van der Waals surface area contributed by atoms with Crippen LogP contribution in [0.25, 0.3) is 0 Å². The molecule has 0 saturated carbocycles. The van der Waals surface area contributed by atoms with Gasteiger partial charge >= 0.3 is 5.69 Å². The lowest BCUT2D eigenvalue weighted by molar-refractivity contribution is -0.393. The van der Waals surface area contributed by atoms with Gasteiger partial charge in [-0.15, -0.1) is 0 Å². The third-order valence-corrected chi connectivity index (χ3v) is 2.73. The summed E-state index contributed by atoms with van der Waals surface area (Å²) in [5.41, 5.74) is 1.49. The van der Waals surface area contributed by atoms with Crippen molar-refractivity contribution in [3.63, 3.8) is 0 Å². The van der Waals surface area contributed by atoms with Gasteiger partial charge in [0.2, 0.25) is 0 Å². The number of nitrogens with zero attached hydrogens (tertiary/aromatic N) is 3. The quantitative estimate of drug-likeness (QED) is 0.516. The minimum absolute atomic E-state index is 0.0839. The van der Waals surface area contributed by atoms with Crippen molar-refractivity contribution in [2.45, 2.75) is 0 Å². The first-order valence-electron chi connectivity index (χ1n) is 6.05. The Balaban J connectivity index is 2.22. The predicted octanol–water partition coefficient (Wildman–Crippen LogP) is 3.23. The molecule has 0 radical (unpaired) electrons. The van der Waals surface area contributed by atoms with Gasteiger partial charge in [0.1, 0.15) is 5.69 Å². The molecule has 0 aromatic heterocycles. The summed E-state index contributed by atoms with van der Waals surface area (Å²) >= 11 is 0. The maximum atomic E-state index is 13.0. The molecule has 2 rings (SSSR count). The van der Waals surface area contributed by atoms with Crippen LogP contribution in [0.3, 0.4) is 0 Å². The Labute approximate surface area is 127 Å². The average molecular weight is 322 g/mol. The largest absolute Gasteiger partial charge is 0.301 e. The topological polar surface area (TPSA) is 111 Å². The first kappa shape index (κ1) is 15.9. The minimum Gasteiger partial charge on any atom is -0.272 e.